The van der Waals surface area contributed by atoms with E-state index in [1.54, 1.807) is 0 Å². The Balaban J connectivity index is 2.94. The summed E-state index contributed by atoms with van der Waals surface area (Å²) in [7, 11) is -1.75. The van der Waals surface area contributed by atoms with Crippen LogP contribution in [0.5, 0.6) is 0 Å². The van der Waals surface area contributed by atoms with Crippen LogP contribution < -0.4 is 16.8 Å². The van der Waals surface area contributed by atoms with Crippen LogP contribution in [0.4, 0.5) is 5.82 Å². The van der Waals surface area contributed by atoms with Crippen LogP contribution in [0.25, 0.3) is 11.1 Å². The summed E-state index contributed by atoms with van der Waals surface area (Å²) in [5.74, 6) is -3.59. The number of aromatic carboxylic acids is 2. The predicted octanol–water partition coefficient (Wildman–Crippen LogP) is -0.991. The first-order valence-electron chi connectivity index (χ1n) is 6.64. The number of hydrogen-bond donors (Lipinski definition) is 6. The van der Waals surface area contributed by atoms with Crippen molar-refractivity contribution in [3.05, 3.63) is 45.2 Å². The standard InChI is InChI=1S/C14H13BN2O7/c1-5-4-6(15(23)24)2-3-7(5)8-9(13(19)20)11(16)17-12(18)10(8)14(21)22/h2-4,23-24H,1H3,(H,19,20)(H,21,22)(H3,16,17,18). The average molecular weight is 332 g/mol. The normalized spacial score (nSPS) is 10.5. The summed E-state index contributed by atoms with van der Waals surface area (Å²) in [5, 5.41) is 37.0. The number of nitrogens with two attached hydrogens (primary N) is 1. The number of aromatic nitrogens is 1. The van der Waals surface area contributed by atoms with Gasteiger partial charge >= 0.3 is 19.1 Å². The van der Waals surface area contributed by atoms with Gasteiger partial charge in [0.05, 0.1) is 0 Å². The molecule has 2 rings (SSSR count). The third-order valence-corrected chi connectivity index (χ3v) is 3.49. The van der Waals surface area contributed by atoms with Crippen LogP contribution in [-0.2, 0) is 0 Å². The molecule has 0 atom stereocenters. The number of H-pyrrole nitrogens is 1. The first-order valence-corrected chi connectivity index (χ1v) is 6.64. The maximum atomic E-state index is 11.9. The van der Waals surface area contributed by atoms with Crippen molar-refractivity contribution < 1.29 is 29.9 Å². The lowest BCUT2D eigenvalue weighted by Gasteiger charge is -2.15. The molecule has 0 aliphatic heterocycles. The van der Waals surface area contributed by atoms with E-state index in [1.165, 1.54) is 25.1 Å². The number of rotatable bonds is 4. The number of carbonyl (C=O) groups is 2. The van der Waals surface area contributed by atoms with Crippen LogP contribution >= 0.6 is 0 Å². The topological polar surface area (TPSA) is 174 Å². The smallest absolute Gasteiger partial charge is 0.478 e. The van der Waals surface area contributed by atoms with E-state index in [4.69, 9.17) is 5.73 Å². The summed E-state index contributed by atoms with van der Waals surface area (Å²) in [6, 6.07) is 3.92. The highest BCUT2D eigenvalue weighted by atomic mass is 16.4. The van der Waals surface area contributed by atoms with Gasteiger partial charge in [0.2, 0.25) is 0 Å². The molecule has 0 radical (unpaired) electrons. The number of carboxylic acids is 2. The second kappa shape index (κ2) is 6.18. The second-order valence-electron chi connectivity index (χ2n) is 5.05. The molecule has 0 amide bonds. The van der Waals surface area contributed by atoms with Gasteiger partial charge in [0.15, 0.2) is 0 Å². The highest BCUT2D eigenvalue weighted by Crippen LogP contribution is 2.31. The van der Waals surface area contributed by atoms with Gasteiger partial charge in [0.25, 0.3) is 5.56 Å². The zero-order chi connectivity index (χ0) is 18.2. The summed E-state index contributed by atoms with van der Waals surface area (Å²) >= 11 is 0. The molecular formula is C14H13BN2O7. The predicted molar refractivity (Wildman–Crippen MR) is 85.4 cm³/mol. The Bertz CT molecular complexity index is 905. The van der Waals surface area contributed by atoms with Gasteiger partial charge in [-0.3, -0.25) is 4.79 Å². The molecule has 7 N–H and O–H groups in total. The van der Waals surface area contributed by atoms with Gasteiger partial charge in [-0.25, -0.2) is 9.59 Å². The molecule has 0 bridgehead atoms. The van der Waals surface area contributed by atoms with Crippen LogP contribution in [0.2, 0.25) is 0 Å². The molecule has 0 unspecified atom stereocenters. The van der Waals surface area contributed by atoms with Crippen molar-refractivity contribution >= 4 is 30.3 Å². The minimum atomic E-state index is -1.75. The number of aryl methyl sites for hydroxylation is 1. The lowest BCUT2D eigenvalue weighted by Crippen LogP contribution is -2.30. The molecule has 0 spiro atoms. The highest BCUT2D eigenvalue weighted by Gasteiger charge is 2.27. The monoisotopic (exact) mass is 332 g/mol. The molecule has 0 aliphatic rings. The third kappa shape index (κ3) is 2.87. The van der Waals surface area contributed by atoms with Crippen molar-refractivity contribution in [2.45, 2.75) is 6.92 Å². The minimum absolute atomic E-state index is 0.128. The molecule has 124 valence electrons. The van der Waals surface area contributed by atoms with E-state index in [-0.39, 0.29) is 16.6 Å². The second-order valence-corrected chi connectivity index (χ2v) is 5.05. The third-order valence-electron chi connectivity index (χ3n) is 3.49. The molecule has 0 saturated heterocycles. The summed E-state index contributed by atoms with van der Waals surface area (Å²) in [6.07, 6.45) is 0. The van der Waals surface area contributed by atoms with Crippen molar-refractivity contribution in [3.8, 4) is 11.1 Å². The van der Waals surface area contributed by atoms with Crippen LogP contribution in [-0.4, -0.2) is 44.3 Å². The lowest BCUT2D eigenvalue weighted by molar-refractivity contribution is 0.0695. The summed E-state index contributed by atoms with van der Waals surface area (Å²) < 4.78 is 0. The number of anilines is 1. The largest absolute Gasteiger partial charge is 0.488 e. The first-order chi connectivity index (χ1) is 11.1. The van der Waals surface area contributed by atoms with Crippen LogP contribution in [0, 0.1) is 6.92 Å². The fraction of sp³-hybridized carbons (Fsp3) is 0.0714. The molecule has 0 fully saturated rings. The van der Waals surface area contributed by atoms with Crippen molar-refractivity contribution in [1.82, 2.24) is 4.98 Å². The Kier molecular flexibility index (Phi) is 4.44. The minimum Gasteiger partial charge on any atom is -0.478 e. The van der Waals surface area contributed by atoms with Gasteiger partial charge in [0.1, 0.15) is 16.9 Å². The van der Waals surface area contributed by atoms with E-state index in [0.717, 1.165) is 0 Å². The number of benzene rings is 1. The number of carboxylic acid groups (broad SMARTS) is 2. The van der Waals surface area contributed by atoms with Crippen LogP contribution in [0.3, 0.4) is 0 Å². The Hall–Kier alpha value is -3.11. The Morgan fingerprint density at radius 1 is 1.12 bits per heavy atom. The molecule has 1 aromatic carbocycles. The number of pyridine rings is 1. The highest BCUT2D eigenvalue weighted by molar-refractivity contribution is 6.58. The molecule has 24 heavy (non-hydrogen) atoms. The van der Waals surface area contributed by atoms with Crippen molar-refractivity contribution in [2.24, 2.45) is 0 Å². The van der Waals surface area contributed by atoms with Gasteiger partial charge in [-0.05, 0) is 23.5 Å². The van der Waals surface area contributed by atoms with Crippen molar-refractivity contribution in [3.63, 3.8) is 0 Å². The van der Waals surface area contributed by atoms with Crippen molar-refractivity contribution in [1.29, 1.82) is 0 Å². The molecule has 10 heteroatoms. The fourth-order valence-corrected chi connectivity index (χ4v) is 2.44. The summed E-state index contributed by atoms with van der Waals surface area (Å²) in [5.41, 5.74) is 3.46. The maximum absolute atomic E-state index is 11.9. The van der Waals surface area contributed by atoms with Gasteiger partial charge < -0.3 is 31.0 Å². The molecule has 0 aliphatic carbocycles. The van der Waals surface area contributed by atoms with Gasteiger partial charge in [-0.1, -0.05) is 18.2 Å². The molecule has 9 nitrogen and oxygen atoms in total. The Morgan fingerprint density at radius 2 is 1.71 bits per heavy atom. The van der Waals surface area contributed by atoms with E-state index in [2.05, 4.69) is 0 Å². The first kappa shape index (κ1) is 17.3. The number of aromatic amines is 1. The average Bonchev–Trinajstić information content (AvgIpc) is 2.45. The zero-order valence-electron chi connectivity index (χ0n) is 12.4. The van der Waals surface area contributed by atoms with E-state index in [1.807, 2.05) is 4.98 Å². The van der Waals surface area contributed by atoms with Crippen LogP contribution in [0.1, 0.15) is 26.3 Å². The molecule has 1 heterocycles. The fourth-order valence-electron chi connectivity index (χ4n) is 2.44. The Morgan fingerprint density at radius 3 is 2.17 bits per heavy atom. The van der Waals surface area contributed by atoms with Crippen LogP contribution in [0.15, 0.2) is 23.0 Å². The number of nitrogens with one attached hydrogen (secondary N) is 1. The van der Waals surface area contributed by atoms with Crippen molar-refractivity contribution in [2.75, 3.05) is 5.73 Å². The van der Waals surface area contributed by atoms with Gasteiger partial charge in [-0.15, -0.1) is 0 Å². The SMILES string of the molecule is Cc1cc(B(O)O)ccc1-c1c(C(=O)O)c(N)[nH]c(=O)c1C(=O)O. The molecule has 0 saturated carbocycles. The summed E-state index contributed by atoms with van der Waals surface area (Å²) in [6.45, 7) is 1.51. The quantitative estimate of drug-likeness (QED) is 0.387. The Labute approximate surface area is 135 Å². The van der Waals surface area contributed by atoms with E-state index < -0.39 is 41.6 Å². The van der Waals surface area contributed by atoms with E-state index >= 15 is 0 Å². The summed E-state index contributed by atoms with van der Waals surface area (Å²) in [4.78, 5) is 36.9. The molecule has 2 aromatic rings. The van der Waals surface area contributed by atoms with Gasteiger partial charge in [-0.2, -0.15) is 0 Å². The molecule has 1 aromatic heterocycles. The van der Waals surface area contributed by atoms with E-state index in [9.17, 15) is 34.6 Å². The zero-order valence-corrected chi connectivity index (χ0v) is 12.4. The number of nitrogen functional groups attached to an aromatic ring is 1. The van der Waals surface area contributed by atoms with Gasteiger partial charge in [0, 0.05) is 5.56 Å². The molecular weight excluding hydrogens is 319 g/mol. The number of hydrogen-bond acceptors (Lipinski definition) is 6. The maximum Gasteiger partial charge on any atom is 0.488 e. The van der Waals surface area contributed by atoms with E-state index in [0.29, 0.717) is 5.56 Å². The lowest BCUT2D eigenvalue weighted by atomic mass is 9.78.